The quantitative estimate of drug-likeness (QED) is 0.717. The van der Waals surface area contributed by atoms with Gasteiger partial charge in [-0.25, -0.2) is 0 Å². The summed E-state index contributed by atoms with van der Waals surface area (Å²) < 4.78 is 30.0. The van der Waals surface area contributed by atoms with E-state index in [1.165, 1.54) is 0 Å². The van der Waals surface area contributed by atoms with Crippen LogP contribution in [-0.2, 0) is 16.7 Å². The lowest BCUT2D eigenvalue weighted by atomic mass is 10.2. The van der Waals surface area contributed by atoms with Crippen LogP contribution in [0.25, 0.3) is 0 Å². The summed E-state index contributed by atoms with van der Waals surface area (Å²) in [5.41, 5.74) is 1.10. The van der Waals surface area contributed by atoms with Crippen LogP contribution in [0.3, 0.4) is 0 Å². The molecule has 1 unspecified atom stereocenters. The lowest BCUT2D eigenvalue weighted by molar-refractivity contribution is 0.126. The van der Waals surface area contributed by atoms with E-state index < -0.39 is 22.0 Å². The van der Waals surface area contributed by atoms with Gasteiger partial charge in [-0.1, -0.05) is 37.3 Å². The lowest BCUT2D eigenvalue weighted by Crippen LogP contribution is -2.35. The lowest BCUT2D eigenvalue weighted by Gasteiger charge is -2.23. The highest BCUT2D eigenvalue weighted by molar-refractivity contribution is 7.85. The second kappa shape index (κ2) is 6.84. The fourth-order valence-corrected chi connectivity index (χ4v) is 2.33. The van der Waals surface area contributed by atoms with Crippen molar-refractivity contribution in [2.24, 2.45) is 0 Å². The van der Waals surface area contributed by atoms with Crippen LogP contribution in [0, 0.1) is 0 Å². The second-order valence-corrected chi connectivity index (χ2v) is 5.71. The van der Waals surface area contributed by atoms with E-state index in [0.717, 1.165) is 5.56 Å². The predicted molar refractivity (Wildman–Crippen MR) is 69.8 cm³/mol. The van der Waals surface area contributed by atoms with Crippen molar-refractivity contribution < 1.29 is 18.1 Å². The summed E-state index contributed by atoms with van der Waals surface area (Å²) >= 11 is 0. The van der Waals surface area contributed by atoms with Gasteiger partial charge in [0, 0.05) is 13.1 Å². The third-order valence-electron chi connectivity index (χ3n) is 2.57. The molecule has 1 aromatic carbocycles. The Morgan fingerprint density at radius 2 is 1.89 bits per heavy atom. The molecule has 0 fully saturated rings. The number of benzene rings is 1. The summed E-state index contributed by atoms with van der Waals surface area (Å²) in [6, 6.07) is 9.72. The molecule has 0 aromatic heterocycles. The van der Waals surface area contributed by atoms with Gasteiger partial charge in [0.05, 0.1) is 6.10 Å². The number of likely N-dealkylation sites (N-methyl/N-ethyl adjacent to an activating group) is 1. The van der Waals surface area contributed by atoms with Crippen LogP contribution in [0.15, 0.2) is 30.3 Å². The van der Waals surface area contributed by atoms with Crippen molar-refractivity contribution >= 4 is 10.1 Å². The highest BCUT2D eigenvalue weighted by atomic mass is 32.2. The number of hydrogen-bond acceptors (Lipinski definition) is 4. The Bertz CT molecular complexity index is 446. The molecular weight excluding hydrogens is 254 g/mol. The summed E-state index contributed by atoms with van der Waals surface area (Å²) in [5, 5.41) is 9.58. The molecule has 1 rings (SSSR count). The average Bonchev–Trinajstić information content (AvgIpc) is 2.27. The fourth-order valence-electron chi connectivity index (χ4n) is 1.74. The first kappa shape index (κ1) is 15.1. The largest absolute Gasteiger partial charge is 0.391 e. The van der Waals surface area contributed by atoms with Gasteiger partial charge in [-0.15, -0.1) is 0 Å². The number of aliphatic hydroxyl groups excluding tert-OH is 1. The summed E-state index contributed by atoms with van der Waals surface area (Å²) in [4.78, 5) is 1.92. The van der Waals surface area contributed by atoms with E-state index in [9.17, 15) is 13.5 Å². The molecule has 6 heteroatoms. The Kier molecular flexibility index (Phi) is 5.74. The zero-order valence-electron chi connectivity index (χ0n) is 10.4. The van der Waals surface area contributed by atoms with Gasteiger partial charge in [-0.3, -0.25) is 9.45 Å². The van der Waals surface area contributed by atoms with Gasteiger partial charge in [0.15, 0.2) is 0 Å². The Labute approximate surface area is 108 Å². The number of rotatable bonds is 7. The molecule has 0 saturated carbocycles. The first-order chi connectivity index (χ1) is 8.40. The molecule has 2 N–H and O–H groups in total. The van der Waals surface area contributed by atoms with Crippen molar-refractivity contribution in [3.05, 3.63) is 35.9 Å². The predicted octanol–water partition coefficient (Wildman–Crippen LogP) is 0.757. The maximum absolute atomic E-state index is 10.6. The topological polar surface area (TPSA) is 77.8 Å². The number of nitrogens with zero attached hydrogens (tertiary/aromatic N) is 1. The van der Waals surface area contributed by atoms with Gasteiger partial charge in [0.1, 0.15) is 5.75 Å². The summed E-state index contributed by atoms with van der Waals surface area (Å²) in [6.07, 6.45) is -1.08. The summed E-state index contributed by atoms with van der Waals surface area (Å²) in [6.45, 7) is 3.48. The van der Waals surface area contributed by atoms with Crippen molar-refractivity contribution in [2.75, 3.05) is 18.8 Å². The van der Waals surface area contributed by atoms with Crippen LogP contribution >= 0.6 is 0 Å². The third kappa shape index (κ3) is 6.11. The smallest absolute Gasteiger partial charge is 0.267 e. The van der Waals surface area contributed by atoms with E-state index in [2.05, 4.69) is 0 Å². The number of aliphatic hydroxyl groups is 1. The van der Waals surface area contributed by atoms with Gasteiger partial charge in [0.2, 0.25) is 0 Å². The summed E-state index contributed by atoms with van der Waals surface area (Å²) in [7, 11) is -4.13. The van der Waals surface area contributed by atoms with Crippen LogP contribution < -0.4 is 0 Å². The molecule has 0 spiro atoms. The fraction of sp³-hybridized carbons (Fsp3) is 0.500. The van der Waals surface area contributed by atoms with E-state index in [1.54, 1.807) is 0 Å². The first-order valence-corrected chi connectivity index (χ1v) is 7.41. The molecular formula is C12H19NO4S. The minimum atomic E-state index is -4.13. The molecule has 0 aliphatic rings. The first-order valence-electron chi connectivity index (χ1n) is 5.80. The molecule has 18 heavy (non-hydrogen) atoms. The molecule has 0 amide bonds. The maximum Gasteiger partial charge on any atom is 0.267 e. The molecule has 0 radical (unpaired) electrons. The standard InChI is InChI=1S/C12H19NO4S/c1-2-13(8-11-6-4-3-5-7-11)9-12(14)10-18(15,16)17/h3-7,12,14H,2,8-10H2,1H3,(H,15,16,17). The van der Waals surface area contributed by atoms with Crippen LogP contribution in [0.2, 0.25) is 0 Å². The van der Waals surface area contributed by atoms with E-state index in [-0.39, 0.29) is 6.54 Å². The Balaban J connectivity index is 2.52. The molecule has 5 nitrogen and oxygen atoms in total. The van der Waals surface area contributed by atoms with Crippen molar-refractivity contribution in [3.63, 3.8) is 0 Å². The van der Waals surface area contributed by atoms with Crippen LogP contribution in [0.5, 0.6) is 0 Å². The Morgan fingerprint density at radius 3 is 2.39 bits per heavy atom. The second-order valence-electron chi connectivity index (χ2n) is 4.22. The zero-order chi connectivity index (χ0) is 13.6. The van der Waals surface area contributed by atoms with E-state index in [4.69, 9.17) is 4.55 Å². The van der Waals surface area contributed by atoms with Crippen LogP contribution in [-0.4, -0.2) is 47.9 Å². The molecule has 1 aromatic rings. The van der Waals surface area contributed by atoms with Crippen molar-refractivity contribution in [2.45, 2.75) is 19.6 Å². The van der Waals surface area contributed by atoms with Crippen molar-refractivity contribution in [1.29, 1.82) is 0 Å². The number of hydrogen-bond donors (Lipinski definition) is 2. The van der Waals surface area contributed by atoms with Gasteiger partial charge >= 0.3 is 0 Å². The molecule has 0 bridgehead atoms. The van der Waals surface area contributed by atoms with E-state index in [0.29, 0.717) is 13.1 Å². The van der Waals surface area contributed by atoms with E-state index >= 15 is 0 Å². The van der Waals surface area contributed by atoms with Gasteiger partial charge in [-0.05, 0) is 12.1 Å². The van der Waals surface area contributed by atoms with Crippen molar-refractivity contribution in [3.8, 4) is 0 Å². The van der Waals surface area contributed by atoms with Gasteiger partial charge < -0.3 is 5.11 Å². The molecule has 0 aliphatic carbocycles. The highest BCUT2D eigenvalue weighted by Crippen LogP contribution is 2.05. The average molecular weight is 273 g/mol. The van der Waals surface area contributed by atoms with Crippen LogP contribution in [0.1, 0.15) is 12.5 Å². The molecule has 0 heterocycles. The molecule has 102 valence electrons. The SMILES string of the molecule is CCN(Cc1ccccc1)CC(O)CS(=O)(=O)O. The highest BCUT2D eigenvalue weighted by Gasteiger charge is 2.17. The van der Waals surface area contributed by atoms with Gasteiger partial charge in [-0.2, -0.15) is 8.42 Å². The Morgan fingerprint density at radius 1 is 1.28 bits per heavy atom. The maximum atomic E-state index is 10.6. The summed E-state index contributed by atoms with van der Waals surface area (Å²) in [5.74, 6) is -0.627. The molecule has 1 atom stereocenters. The Hall–Kier alpha value is -0.950. The minimum Gasteiger partial charge on any atom is -0.391 e. The zero-order valence-corrected chi connectivity index (χ0v) is 11.2. The van der Waals surface area contributed by atoms with Crippen LogP contribution in [0.4, 0.5) is 0 Å². The van der Waals surface area contributed by atoms with E-state index in [1.807, 2.05) is 42.2 Å². The molecule has 0 aliphatic heterocycles. The minimum absolute atomic E-state index is 0.213. The monoisotopic (exact) mass is 273 g/mol. The normalized spacial score (nSPS) is 13.8. The van der Waals surface area contributed by atoms with Crippen molar-refractivity contribution in [1.82, 2.24) is 4.90 Å². The third-order valence-corrected chi connectivity index (χ3v) is 3.37. The molecule has 0 saturated heterocycles. The van der Waals surface area contributed by atoms with Gasteiger partial charge in [0.25, 0.3) is 10.1 Å².